The van der Waals surface area contributed by atoms with E-state index in [1.165, 1.54) is 6.92 Å². The lowest BCUT2D eigenvalue weighted by molar-refractivity contribution is -0.133. The molecule has 0 saturated carbocycles. The van der Waals surface area contributed by atoms with Crippen molar-refractivity contribution < 1.29 is 38.4 Å². The van der Waals surface area contributed by atoms with Gasteiger partial charge in [0, 0.05) is 20.0 Å². The highest BCUT2D eigenvalue weighted by atomic mass is 16.2. The van der Waals surface area contributed by atoms with Crippen LogP contribution in [0.3, 0.4) is 0 Å². The number of rotatable bonds is 8. The van der Waals surface area contributed by atoms with E-state index in [2.05, 4.69) is 42.2 Å². The van der Waals surface area contributed by atoms with Gasteiger partial charge >= 0.3 is 0 Å². The van der Waals surface area contributed by atoms with E-state index < -0.39 is 91.4 Å². The van der Waals surface area contributed by atoms with Crippen molar-refractivity contribution in [3.8, 4) is 0 Å². The molecule has 1 aliphatic rings. The average molecular weight is 612 g/mol. The third kappa shape index (κ3) is 16.2. The Kier molecular flexibility index (Phi) is 16.1. The quantitative estimate of drug-likeness (QED) is 0.0703. The van der Waals surface area contributed by atoms with Crippen LogP contribution in [0.1, 0.15) is 45.4 Å². The molecule has 1 fully saturated rings. The first-order valence-corrected chi connectivity index (χ1v) is 13.6. The number of hydrogen-bond donors (Lipinski definition) is 10. The number of primary amides is 1. The van der Waals surface area contributed by atoms with Crippen molar-refractivity contribution in [2.24, 2.45) is 22.2 Å². The summed E-state index contributed by atoms with van der Waals surface area (Å²) in [5.41, 5.74) is 15.9. The van der Waals surface area contributed by atoms with Gasteiger partial charge in [0.25, 0.3) is 0 Å². The number of amides is 8. The average Bonchev–Trinajstić information content (AvgIpc) is 2.93. The summed E-state index contributed by atoms with van der Waals surface area (Å²) in [6.07, 6.45) is 0.855. The first kappa shape index (κ1) is 36.1. The highest BCUT2D eigenvalue weighted by Gasteiger charge is 2.27. The summed E-state index contributed by atoms with van der Waals surface area (Å²) in [6, 6.07) is -3.44. The predicted octanol–water partition coefficient (Wildman–Crippen LogP) is -5.96. The van der Waals surface area contributed by atoms with Crippen molar-refractivity contribution in [3.63, 3.8) is 0 Å². The van der Waals surface area contributed by atoms with Gasteiger partial charge in [-0.15, -0.1) is 0 Å². The fourth-order valence-electron chi connectivity index (χ4n) is 3.76. The molecule has 43 heavy (non-hydrogen) atoms. The SMILES string of the molecule is CC(=O)N[C@@H](CCCN=C(N)N)C(=O)N[C@H]1CCCCNC(=O)C[C@@H](C(N)=O)NC(=O)CNC(=O)CNC(=O)CNC1=O. The molecular weight excluding hydrogens is 570 g/mol. The van der Waals surface area contributed by atoms with E-state index in [0.717, 1.165) is 0 Å². The molecule has 0 radical (unpaired) electrons. The summed E-state index contributed by atoms with van der Waals surface area (Å²) in [5.74, 6) is -5.72. The second-order valence-corrected chi connectivity index (χ2v) is 9.61. The Balaban J connectivity index is 2.97. The summed E-state index contributed by atoms with van der Waals surface area (Å²) in [5, 5.41) is 16.8. The molecule has 0 bridgehead atoms. The van der Waals surface area contributed by atoms with E-state index in [0.29, 0.717) is 19.3 Å². The zero-order valence-electron chi connectivity index (χ0n) is 24.0. The number of aliphatic imine (C=N–C) groups is 1. The van der Waals surface area contributed by atoms with Gasteiger partial charge in [-0.3, -0.25) is 43.3 Å². The topological polar surface area (TPSA) is 311 Å². The lowest BCUT2D eigenvalue weighted by Crippen LogP contribution is -2.54. The molecule has 0 aromatic carbocycles. The Morgan fingerprint density at radius 3 is 2.12 bits per heavy atom. The molecule has 0 aromatic rings. The van der Waals surface area contributed by atoms with Crippen LogP contribution in [-0.2, 0) is 38.4 Å². The normalized spacial score (nSPS) is 20.4. The summed E-state index contributed by atoms with van der Waals surface area (Å²) in [6.45, 7) is -0.0215. The fourth-order valence-corrected chi connectivity index (χ4v) is 3.76. The van der Waals surface area contributed by atoms with Gasteiger partial charge < -0.3 is 54.4 Å². The minimum Gasteiger partial charge on any atom is -0.370 e. The molecule has 0 spiro atoms. The molecule has 1 rings (SSSR count). The Morgan fingerprint density at radius 2 is 1.51 bits per heavy atom. The molecule has 1 aliphatic heterocycles. The van der Waals surface area contributed by atoms with E-state index in [4.69, 9.17) is 17.2 Å². The molecule has 240 valence electrons. The standard InChI is InChI=1S/C24H41N11O8/c1-13(36)33-15(6-4-8-29-24(26)27)23(43)35-14-5-2-3-7-28-17(37)9-16(21(25)41)34-20(40)12-31-18(38)10-30-19(39)11-32-22(14)42/h14-16H,2-12H2,1H3,(H2,25,41)(H,28,37)(H,30,39)(H,31,38)(H,32,42)(H,33,36)(H,34,40)(H,35,43)(H4,26,27,29)/t14-,15-,16-/m0/s1. The van der Waals surface area contributed by atoms with Crippen molar-refractivity contribution in [2.75, 3.05) is 32.7 Å². The zero-order valence-corrected chi connectivity index (χ0v) is 24.0. The van der Waals surface area contributed by atoms with Crippen LogP contribution in [0.15, 0.2) is 4.99 Å². The highest BCUT2D eigenvalue weighted by Crippen LogP contribution is 2.05. The fraction of sp³-hybridized carbons (Fsp3) is 0.625. The van der Waals surface area contributed by atoms with Crippen LogP contribution >= 0.6 is 0 Å². The van der Waals surface area contributed by atoms with Crippen molar-refractivity contribution in [1.82, 2.24) is 37.2 Å². The number of nitrogens with one attached hydrogen (secondary N) is 7. The minimum atomic E-state index is -1.32. The molecule has 1 saturated heterocycles. The molecule has 8 amide bonds. The van der Waals surface area contributed by atoms with Crippen molar-refractivity contribution in [2.45, 2.75) is 63.6 Å². The van der Waals surface area contributed by atoms with E-state index in [-0.39, 0.29) is 31.9 Å². The van der Waals surface area contributed by atoms with Gasteiger partial charge in [-0.05, 0) is 32.1 Å². The molecule has 0 aliphatic carbocycles. The monoisotopic (exact) mass is 611 g/mol. The molecule has 19 heteroatoms. The van der Waals surface area contributed by atoms with Crippen LogP contribution in [0.2, 0.25) is 0 Å². The van der Waals surface area contributed by atoms with Crippen LogP contribution in [0.25, 0.3) is 0 Å². The van der Waals surface area contributed by atoms with Gasteiger partial charge in [0.1, 0.15) is 18.1 Å². The van der Waals surface area contributed by atoms with Gasteiger partial charge in [0.05, 0.1) is 26.1 Å². The van der Waals surface area contributed by atoms with Gasteiger partial charge in [0.2, 0.25) is 47.3 Å². The van der Waals surface area contributed by atoms with Crippen LogP contribution in [0, 0.1) is 0 Å². The number of carbonyl (C=O) groups excluding carboxylic acids is 8. The number of nitrogens with two attached hydrogens (primary N) is 3. The number of guanidine groups is 1. The maximum Gasteiger partial charge on any atom is 0.243 e. The van der Waals surface area contributed by atoms with Crippen molar-refractivity contribution in [1.29, 1.82) is 0 Å². The van der Waals surface area contributed by atoms with Crippen molar-refractivity contribution >= 4 is 53.2 Å². The molecule has 3 atom stereocenters. The molecule has 0 unspecified atom stereocenters. The first-order valence-electron chi connectivity index (χ1n) is 13.6. The molecular formula is C24H41N11O8. The van der Waals surface area contributed by atoms with E-state index in [9.17, 15) is 38.4 Å². The number of hydrogen-bond acceptors (Lipinski definition) is 9. The van der Waals surface area contributed by atoms with E-state index in [1.807, 2.05) is 0 Å². The Labute approximate surface area is 247 Å². The number of nitrogens with zero attached hydrogens (tertiary/aromatic N) is 1. The first-order chi connectivity index (χ1) is 20.3. The third-order valence-electron chi connectivity index (χ3n) is 5.90. The third-order valence-corrected chi connectivity index (χ3v) is 5.90. The Hall–Kier alpha value is -4.97. The van der Waals surface area contributed by atoms with Gasteiger partial charge in [-0.25, -0.2) is 0 Å². The maximum absolute atomic E-state index is 13.0. The molecule has 0 aromatic heterocycles. The van der Waals surface area contributed by atoms with Crippen LogP contribution in [-0.4, -0.2) is 104 Å². The van der Waals surface area contributed by atoms with Gasteiger partial charge in [0.15, 0.2) is 5.96 Å². The van der Waals surface area contributed by atoms with Gasteiger partial charge in [-0.1, -0.05) is 0 Å². The minimum absolute atomic E-state index is 0.0955. The lowest BCUT2D eigenvalue weighted by atomic mass is 10.1. The van der Waals surface area contributed by atoms with Crippen LogP contribution < -0.4 is 54.4 Å². The highest BCUT2D eigenvalue weighted by molar-refractivity contribution is 5.95. The smallest absolute Gasteiger partial charge is 0.243 e. The van der Waals surface area contributed by atoms with Crippen LogP contribution in [0.5, 0.6) is 0 Å². The Bertz CT molecular complexity index is 1080. The van der Waals surface area contributed by atoms with E-state index >= 15 is 0 Å². The second kappa shape index (κ2) is 19.2. The predicted molar refractivity (Wildman–Crippen MR) is 151 cm³/mol. The van der Waals surface area contributed by atoms with E-state index in [1.54, 1.807) is 0 Å². The molecule has 19 nitrogen and oxygen atoms in total. The van der Waals surface area contributed by atoms with Crippen molar-refractivity contribution in [3.05, 3.63) is 0 Å². The summed E-state index contributed by atoms with van der Waals surface area (Å²) in [4.78, 5) is 102. The van der Waals surface area contributed by atoms with Crippen LogP contribution in [0.4, 0.5) is 0 Å². The lowest BCUT2D eigenvalue weighted by Gasteiger charge is -2.23. The maximum atomic E-state index is 13.0. The Morgan fingerprint density at radius 1 is 0.884 bits per heavy atom. The van der Waals surface area contributed by atoms with Gasteiger partial charge in [-0.2, -0.15) is 0 Å². The summed E-state index contributed by atoms with van der Waals surface area (Å²) in [7, 11) is 0. The molecule has 1 heterocycles. The summed E-state index contributed by atoms with van der Waals surface area (Å²) >= 11 is 0. The zero-order chi connectivity index (χ0) is 32.4. The second-order valence-electron chi connectivity index (χ2n) is 9.61. The summed E-state index contributed by atoms with van der Waals surface area (Å²) < 4.78 is 0. The largest absolute Gasteiger partial charge is 0.370 e. The molecule has 13 N–H and O–H groups in total. The number of carbonyl (C=O) groups is 8.